The molecule has 3 rings (SSSR count). The van der Waals surface area contributed by atoms with Crippen LogP contribution < -0.4 is 5.32 Å². The van der Waals surface area contributed by atoms with Crippen LogP contribution in [0.25, 0.3) is 0 Å². The fraction of sp³-hybridized carbons (Fsp3) is 1.00. The van der Waals surface area contributed by atoms with E-state index in [2.05, 4.69) is 12.2 Å². The maximum Gasteiger partial charge on any atom is 0.0554 e. The first-order chi connectivity index (χ1) is 6.77. The van der Waals surface area contributed by atoms with Crippen LogP contribution in [0.4, 0.5) is 0 Å². The standard InChI is InChI=1S/C12H21NO/c1-12(7-14-8-12)6-13-11(9-2-3-9)10-4-5-10/h9-11,13H,2-8H2,1H3. The third-order valence-corrected chi connectivity index (χ3v) is 3.93. The molecule has 0 aromatic carbocycles. The SMILES string of the molecule is CC1(CNC(C2CC2)C2CC2)COC1. The molecule has 0 aromatic heterocycles. The van der Waals surface area contributed by atoms with Crippen LogP contribution in [0, 0.1) is 17.3 Å². The van der Waals surface area contributed by atoms with Crippen molar-refractivity contribution >= 4 is 0 Å². The van der Waals surface area contributed by atoms with Gasteiger partial charge in [0, 0.05) is 18.0 Å². The predicted molar refractivity (Wildman–Crippen MR) is 56.2 cm³/mol. The van der Waals surface area contributed by atoms with Gasteiger partial charge in [-0.1, -0.05) is 6.92 Å². The summed E-state index contributed by atoms with van der Waals surface area (Å²) in [7, 11) is 0. The van der Waals surface area contributed by atoms with Crippen molar-refractivity contribution in [3.8, 4) is 0 Å². The zero-order valence-corrected chi connectivity index (χ0v) is 9.09. The molecule has 0 radical (unpaired) electrons. The molecule has 0 amide bonds. The minimum absolute atomic E-state index is 0.446. The van der Waals surface area contributed by atoms with E-state index in [0.29, 0.717) is 5.41 Å². The second-order valence-electron chi connectivity index (χ2n) is 5.89. The second kappa shape index (κ2) is 3.21. The molecule has 0 aromatic rings. The van der Waals surface area contributed by atoms with Crippen LogP contribution in [-0.2, 0) is 4.74 Å². The summed E-state index contributed by atoms with van der Waals surface area (Å²) in [6.07, 6.45) is 5.89. The number of hydrogen-bond donors (Lipinski definition) is 1. The number of nitrogens with one attached hydrogen (secondary N) is 1. The van der Waals surface area contributed by atoms with Crippen molar-refractivity contribution in [2.24, 2.45) is 17.3 Å². The lowest BCUT2D eigenvalue weighted by Crippen LogP contribution is -2.50. The molecular formula is C12H21NO. The van der Waals surface area contributed by atoms with Crippen LogP contribution in [-0.4, -0.2) is 25.8 Å². The Kier molecular flexibility index (Phi) is 2.10. The normalized spacial score (nSPS) is 30.4. The van der Waals surface area contributed by atoms with Crippen molar-refractivity contribution in [1.82, 2.24) is 5.32 Å². The molecule has 1 aliphatic heterocycles. The highest BCUT2D eigenvalue weighted by atomic mass is 16.5. The monoisotopic (exact) mass is 195 g/mol. The first kappa shape index (κ1) is 9.17. The molecule has 1 saturated heterocycles. The summed E-state index contributed by atoms with van der Waals surface area (Å²) in [4.78, 5) is 0. The summed E-state index contributed by atoms with van der Waals surface area (Å²) in [5.41, 5.74) is 0.446. The molecule has 1 heterocycles. The molecule has 14 heavy (non-hydrogen) atoms. The number of hydrogen-bond acceptors (Lipinski definition) is 2. The van der Waals surface area contributed by atoms with Crippen molar-refractivity contribution in [3.05, 3.63) is 0 Å². The lowest BCUT2D eigenvalue weighted by molar-refractivity contribution is -0.100. The van der Waals surface area contributed by atoms with E-state index in [9.17, 15) is 0 Å². The van der Waals surface area contributed by atoms with Gasteiger partial charge in [-0.25, -0.2) is 0 Å². The maximum atomic E-state index is 5.28. The molecule has 0 atom stereocenters. The van der Waals surface area contributed by atoms with Crippen molar-refractivity contribution in [2.45, 2.75) is 38.6 Å². The topological polar surface area (TPSA) is 21.3 Å². The van der Waals surface area contributed by atoms with Crippen LogP contribution in [0.1, 0.15) is 32.6 Å². The minimum atomic E-state index is 0.446. The highest BCUT2D eigenvalue weighted by Gasteiger charge is 2.43. The van der Waals surface area contributed by atoms with Gasteiger partial charge in [-0.15, -0.1) is 0 Å². The van der Waals surface area contributed by atoms with E-state index in [4.69, 9.17) is 4.74 Å². The Hall–Kier alpha value is -0.0800. The lowest BCUT2D eigenvalue weighted by Gasteiger charge is -2.39. The highest BCUT2D eigenvalue weighted by molar-refractivity contribution is 4.97. The Balaban J connectivity index is 1.49. The highest BCUT2D eigenvalue weighted by Crippen LogP contribution is 2.44. The molecule has 0 spiro atoms. The van der Waals surface area contributed by atoms with Crippen LogP contribution in [0.3, 0.4) is 0 Å². The maximum absolute atomic E-state index is 5.28. The molecule has 3 fully saturated rings. The summed E-state index contributed by atoms with van der Waals surface area (Å²) >= 11 is 0. The van der Waals surface area contributed by atoms with Crippen molar-refractivity contribution in [2.75, 3.05) is 19.8 Å². The van der Waals surface area contributed by atoms with E-state index in [1.54, 1.807) is 0 Å². The zero-order chi connectivity index (χ0) is 9.60. The average molecular weight is 195 g/mol. The Morgan fingerprint density at radius 3 is 2.14 bits per heavy atom. The summed E-state index contributed by atoms with van der Waals surface area (Å²) in [6, 6.07) is 0.854. The fourth-order valence-corrected chi connectivity index (χ4v) is 2.55. The molecular weight excluding hydrogens is 174 g/mol. The number of rotatable bonds is 5. The molecule has 0 bridgehead atoms. The van der Waals surface area contributed by atoms with Gasteiger partial charge in [0.15, 0.2) is 0 Å². The predicted octanol–water partition coefficient (Wildman–Crippen LogP) is 1.80. The van der Waals surface area contributed by atoms with Gasteiger partial charge in [0.1, 0.15) is 0 Å². The fourth-order valence-electron chi connectivity index (χ4n) is 2.55. The van der Waals surface area contributed by atoms with Crippen LogP contribution in [0.5, 0.6) is 0 Å². The van der Waals surface area contributed by atoms with E-state index in [0.717, 1.165) is 31.1 Å². The van der Waals surface area contributed by atoms with E-state index in [1.807, 2.05) is 0 Å². The van der Waals surface area contributed by atoms with E-state index >= 15 is 0 Å². The molecule has 2 aliphatic carbocycles. The van der Waals surface area contributed by atoms with Crippen molar-refractivity contribution < 1.29 is 4.74 Å². The van der Waals surface area contributed by atoms with Gasteiger partial charge in [-0.05, 0) is 37.5 Å². The molecule has 2 nitrogen and oxygen atoms in total. The molecule has 0 unspecified atom stereocenters. The zero-order valence-electron chi connectivity index (χ0n) is 9.09. The van der Waals surface area contributed by atoms with Gasteiger partial charge in [0.05, 0.1) is 13.2 Å². The Bertz CT molecular complexity index is 204. The Labute approximate surface area is 86.4 Å². The summed E-state index contributed by atoms with van der Waals surface area (Å²) < 4.78 is 5.28. The summed E-state index contributed by atoms with van der Waals surface area (Å²) in [5, 5.41) is 3.81. The molecule has 2 heteroatoms. The minimum Gasteiger partial charge on any atom is -0.380 e. The average Bonchev–Trinajstić information content (AvgIpc) is 2.96. The van der Waals surface area contributed by atoms with E-state index < -0.39 is 0 Å². The Morgan fingerprint density at radius 2 is 1.79 bits per heavy atom. The van der Waals surface area contributed by atoms with Gasteiger partial charge in [0.25, 0.3) is 0 Å². The quantitative estimate of drug-likeness (QED) is 0.722. The van der Waals surface area contributed by atoms with E-state index in [1.165, 1.54) is 32.2 Å². The van der Waals surface area contributed by atoms with Crippen LogP contribution in [0.2, 0.25) is 0 Å². The lowest BCUT2D eigenvalue weighted by atomic mass is 9.88. The first-order valence-electron chi connectivity index (χ1n) is 6.08. The molecule has 1 N–H and O–H groups in total. The second-order valence-corrected chi connectivity index (χ2v) is 5.89. The number of ether oxygens (including phenoxy) is 1. The van der Waals surface area contributed by atoms with Gasteiger partial charge >= 0.3 is 0 Å². The third kappa shape index (κ3) is 1.82. The van der Waals surface area contributed by atoms with Crippen LogP contribution >= 0.6 is 0 Å². The first-order valence-corrected chi connectivity index (χ1v) is 6.08. The summed E-state index contributed by atoms with van der Waals surface area (Å²) in [6.45, 7) is 5.43. The molecule has 2 saturated carbocycles. The largest absolute Gasteiger partial charge is 0.380 e. The Morgan fingerprint density at radius 1 is 1.21 bits per heavy atom. The van der Waals surface area contributed by atoms with E-state index in [-0.39, 0.29) is 0 Å². The van der Waals surface area contributed by atoms with Crippen molar-refractivity contribution in [1.29, 1.82) is 0 Å². The van der Waals surface area contributed by atoms with Gasteiger partial charge in [0.2, 0.25) is 0 Å². The molecule has 80 valence electrons. The molecule has 3 aliphatic rings. The van der Waals surface area contributed by atoms with Crippen LogP contribution in [0.15, 0.2) is 0 Å². The third-order valence-electron chi connectivity index (χ3n) is 3.93. The smallest absolute Gasteiger partial charge is 0.0554 e. The van der Waals surface area contributed by atoms with Gasteiger partial charge < -0.3 is 10.1 Å². The van der Waals surface area contributed by atoms with Crippen molar-refractivity contribution in [3.63, 3.8) is 0 Å². The van der Waals surface area contributed by atoms with Gasteiger partial charge in [-0.2, -0.15) is 0 Å². The summed E-state index contributed by atoms with van der Waals surface area (Å²) in [5.74, 6) is 2.04. The van der Waals surface area contributed by atoms with Gasteiger partial charge in [-0.3, -0.25) is 0 Å².